The minimum Gasteiger partial charge on any atom is -0.493 e. The second-order valence-corrected chi connectivity index (χ2v) is 7.16. The first-order valence-corrected chi connectivity index (χ1v) is 10.2. The van der Waals surface area contributed by atoms with Gasteiger partial charge in [-0.25, -0.2) is 10.1 Å². The fourth-order valence-electron chi connectivity index (χ4n) is 3.33. The number of nitrogens with one attached hydrogen (secondary N) is 1. The van der Waals surface area contributed by atoms with Gasteiger partial charge in [0.05, 0.1) is 27.5 Å². The van der Waals surface area contributed by atoms with E-state index in [1.54, 1.807) is 12.1 Å². The van der Waals surface area contributed by atoms with Crippen molar-refractivity contribution in [2.45, 2.75) is 6.92 Å². The van der Waals surface area contributed by atoms with E-state index in [9.17, 15) is 4.79 Å². The third-order valence-electron chi connectivity index (χ3n) is 5.01. The average molecular weight is 478 g/mol. The highest BCUT2D eigenvalue weighted by Gasteiger charge is 2.25. The van der Waals surface area contributed by atoms with Crippen molar-refractivity contribution in [3.8, 4) is 34.3 Å². The molecule has 4 aromatic rings. The molecular formula is C22H22N8O5. The third kappa shape index (κ3) is 4.46. The molecule has 0 aliphatic rings. The topological polar surface area (TPSA) is 165 Å². The molecule has 0 unspecified atom stereocenters. The van der Waals surface area contributed by atoms with Crippen LogP contribution >= 0.6 is 0 Å². The molecule has 2 aromatic heterocycles. The van der Waals surface area contributed by atoms with Gasteiger partial charge < -0.3 is 19.9 Å². The Kier molecular flexibility index (Phi) is 6.57. The van der Waals surface area contributed by atoms with Gasteiger partial charge in [0.2, 0.25) is 17.4 Å². The van der Waals surface area contributed by atoms with E-state index in [1.165, 1.54) is 32.2 Å². The maximum Gasteiger partial charge on any atom is 0.294 e. The van der Waals surface area contributed by atoms with Crippen molar-refractivity contribution < 1.29 is 23.6 Å². The van der Waals surface area contributed by atoms with Crippen molar-refractivity contribution in [2.24, 2.45) is 5.10 Å². The van der Waals surface area contributed by atoms with Gasteiger partial charge in [0, 0.05) is 11.1 Å². The van der Waals surface area contributed by atoms with Gasteiger partial charge in [0.15, 0.2) is 17.2 Å². The molecule has 13 nitrogen and oxygen atoms in total. The predicted molar refractivity (Wildman–Crippen MR) is 125 cm³/mol. The SMILES string of the molecule is COc1ccc(C=NNC(=O)c2nnn(-c3nonc3N)c2-c2ccc(C)cc2)c(OC)c1OC. The fraction of sp³-hybridized carbons (Fsp3) is 0.182. The number of hydrazone groups is 1. The Morgan fingerprint density at radius 3 is 2.43 bits per heavy atom. The quantitative estimate of drug-likeness (QED) is 0.282. The molecule has 0 atom stereocenters. The molecule has 3 N–H and O–H groups in total. The fourth-order valence-corrected chi connectivity index (χ4v) is 3.33. The van der Waals surface area contributed by atoms with Crippen molar-refractivity contribution >= 4 is 17.9 Å². The summed E-state index contributed by atoms with van der Waals surface area (Å²) in [6.45, 7) is 1.95. The minimum absolute atomic E-state index is 0.00575. The minimum atomic E-state index is -0.613. The largest absolute Gasteiger partial charge is 0.493 e. The highest BCUT2D eigenvalue weighted by atomic mass is 16.6. The molecule has 0 aliphatic carbocycles. The second kappa shape index (κ2) is 9.91. The lowest BCUT2D eigenvalue weighted by molar-refractivity contribution is 0.0950. The molecule has 2 heterocycles. The van der Waals surface area contributed by atoms with E-state index in [2.05, 4.69) is 35.8 Å². The van der Waals surface area contributed by atoms with Crippen LogP contribution in [-0.4, -0.2) is 58.8 Å². The summed E-state index contributed by atoms with van der Waals surface area (Å²) in [7, 11) is 4.51. The summed E-state index contributed by atoms with van der Waals surface area (Å²) in [4.78, 5) is 13.0. The van der Waals surface area contributed by atoms with Gasteiger partial charge in [-0.2, -0.15) is 9.78 Å². The van der Waals surface area contributed by atoms with Crippen LogP contribution in [-0.2, 0) is 0 Å². The number of methoxy groups -OCH3 is 3. The molecule has 4 rings (SSSR count). The number of carbonyl (C=O) groups is 1. The first-order valence-electron chi connectivity index (χ1n) is 10.2. The average Bonchev–Trinajstić information content (AvgIpc) is 3.49. The number of ether oxygens (including phenoxy) is 3. The van der Waals surface area contributed by atoms with Gasteiger partial charge in [0.1, 0.15) is 5.69 Å². The second-order valence-electron chi connectivity index (χ2n) is 7.16. The Morgan fingerprint density at radius 2 is 1.80 bits per heavy atom. The monoisotopic (exact) mass is 478 g/mol. The van der Waals surface area contributed by atoms with Gasteiger partial charge >= 0.3 is 0 Å². The molecule has 0 spiro atoms. The number of nitrogen functional groups attached to an aromatic ring is 1. The highest BCUT2D eigenvalue weighted by Crippen LogP contribution is 2.39. The third-order valence-corrected chi connectivity index (χ3v) is 5.01. The normalized spacial score (nSPS) is 11.0. The number of nitrogens with zero attached hydrogens (tertiary/aromatic N) is 6. The molecule has 13 heteroatoms. The molecular weight excluding hydrogens is 456 g/mol. The van der Waals surface area contributed by atoms with E-state index >= 15 is 0 Å². The maximum atomic E-state index is 13.0. The van der Waals surface area contributed by atoms with E-state index in [0.717, 1.165) is 5.56 Å². The number of benzene rings is 2. The van der Waals surface area contributed by atoms with Crippen LogP contribution in [0.1, 0.15) is 21.6 Å². The number of carbonyl (C=O) groups excluding carboxylic acids is 1. The Bertz CT molecular complexity index is 1380. The lowest BCUT2D eigenvalue weighted by Gasteiger charge is -2.13. The first-order chi connectivity index (χ1) is 17.0. The summed E-state index contributed by atoms with van der Waals surface area (Å²) in [6.07, 6.45) is 1.41. The van der Waals surface area contributed by atoms with Crippen LogP contribution in [0.15, 0.2) is 46.1 Å². The Hall–Kier alpha value is -4.94. The molecule has 180 valence electrons. The summed E-state index contributed by atoms with van der Waals surface area (Å²) < 4.78 is 22.0. The molecule has 0 radical (unpaired) electrons. The molecule has 0 bridgehead atoms. The first kappa shape index (κ1) is 23.2. The number of nitrogens with two attached hydrogens (primary N) is 1. The van der Waals surface area contributed by atoms with Crippen molar-refractivity contribution in [2.75, 3.05) is 27.1 Å². The highest BCUT2D eigenvalue weighted by molar-refractivity contribution is 5.99. The summed E-state index contributed by atoms with van der Waals surface area (Å²) in [5.41, 5.74) is 10.9. The van der Waals surface area contributed by atoms with Crippen LogP contribution in [0.25, 0.3) is 17.1 Å². The van der Waals surface area contributed by atoms with Crippen molar-refractivity contribution in [1.29, 1.82) is 0 Å². The molecule has 0 fully saturated rings. The van der Waals surface area contributed by atoms with Crippen LogP contribution in [0.3, 0.4) is 0 Å². The predicted octanol–water partition coefficient (Wildman–Crippen LogP) is 2.00. The van der Waals surface area contributed by atoms with Gasteiger partial charge in [0.25, 0.3) is 5.91 Å². The van der Waals surface area contributed by atoms with Crippen LogP contribution in [0.4, 0.5) is 5.82 Å². The lowest BCUT2D eigenvalue weighted by Crippen LogP contribution is -2.19. The van der Waals surface area contributed by atoms with Gasteiger partial charge in [-0.15, -0.1) is 5.10 Å². The number of aryl methyl sites for hydroxylation is 1. The molecule has 0 aliphatic heterocycles. The van der Waals surface area contributed by atoms with E-state index in [1.807, 2.05) is 31.2 Å². The van der Waals surface area contributed by atoms with E-state index in [-0.39, 0.29) is 17.3 Å². The zero-order valence-corrected chi connectivity index (χ0v) is 19.3. The van der Waals surface area contributed by atoms with Crippen LogP contribution in [0, 0.1) is 6.92 Å². The number of aromatic nitrogens is 5. The van der Waals surface area contributed by atoms with Crippen molar-refractivity contribution in [1.82, 2.24) is 30.7 Å². The van der Waals surface area contributed by atoms with Crippen LogP contribution < -0.4 is 25.4 Å². The summed E-state index contributed by atoms with van der Waals surface area (Å²) in [5, 5.41) is 19.4. The lowest BCUT2D eigenvalue weighted by atomic mass is 10.1. The van der Waals surface area contributed by atoms with E-state index in [4.69, 9.17) is 19.9 Å². The molecule has 0 saturated carbocycles. The van der Waals surface area contributed by atoms with Crippen LogP contribution in [0.5, 0.6) is 17.2 Å². The summed E-state index contributed by atoms with van der Waals surface area (Å²) in [6, 6.07) is 10.8. The van der Waals surface area contributed by atoms with Crippen LogP contribution in [0.2, 0.25) is 0 Å². The maximum absolute atomic E-state index is 13.0. The molecule has 0 saturated heterocycles. The smallest absolute Gasteiger partial charge is 0.294 e. The molecule has 2 aromatic carbocycles. The molecule has 1 amide bonds. The summed E-state index contributed by atoms with van der Waals surface area (Å²) >= 11 is 0. The number of hydrogen-bond donors (Lipinski definition) is 2. The number of amides is 1. The van der Waals surface area contributed by atoms with Gasteiger partial charge in [-0.05, 0) is 29.4 Å². The number of anilines is 1. The van der Waals surface area contributed by atoms with Crippen molar-refractivity contribution in [3.05, 3.63) is 53.2 Å². The Labute approximate surface area is 199 Å². The van der Waals surface area contributed by atoms with Gasteiger partial charge in [-0.1, -0.05) is 35.0 Å². The standard InChI is InChI=1S/C22H22N8O5/c1-12-5-7-13(8-6-12)17-16(25-29-30(17)21-20(23)27-35-28-21)22(31)26-24-11-14-9-10-15(32-2)19(34-4)18(14)33-3/h5-11H,1-4H3,(H2,23,27)(H,26,31). The van der Waals surface area contributed by atoms with Gasteiger partial charge in [-0.3, -0.25) is 4.79 Å². The van der Waals surface area contributed by atoms with Crippen molar-refractivity contribution in [3.63, 3.8) is 0 Å². The Morgan fingerprint density at radius 1 is 1.06 bits per heavy atom. The zero-order valence-electron chi connectivity index (χ0n) is 19.3. The van der Waals surface area contributed by atoms with E-state index in [0.29, 0.717) is 34.1 Å². The summed E-state index contributed by atoms with van der Waals surface area (Å²) in [5.74, 6) is 0.766. The van der Waals surface area contributed by atoms with E-state index < -0.39 is 5.91 Å². The number of hydrogen-bond acceptors (Lipinski definition) is 11. The number of rotatable bonds is 8. The molecule has 35 heavy (non-hydrogen) atoms. The Balaban J connectivity index is 1.67. The zero-order chi connectivity index (χ0) is 24.9.